The Morgan fingerprint density at radius 2 is 1.92 bits per heavy atom. The van der Waals surface area contributed by atoms with Gasteiger partial charge < -0.3 is 5.32 Å². The first kappa shape index (κ1) is 16.4. The summed E-state index contributed by atoms with van der Waals surface area (Å²) in [4.78, 5) is 23.1. The van der Waals surface area contributed by atoms with E-state index in [4.69, 9.17) is 4.98 Å². The van der Waals surface area contributed by atoms with Crippen molar-refractivity contribution in [1.82, 2.24) is 15.3 Å². The maximum absolute atomic E-state index is 13.0. The van der Waals surface area contributed by atoms with Crippen LogP contribution in [0.3, 0.4) is 0 Å². The van der Waals surface area contributed by atoms with Gasteiger partial charge in [0, 0.05) is 11.6 Å². The van der Waals surface area contributed by atoms with E-state index >= 15 is 0 Å². The highest BCUT2D eigenvalue weighted by atomic mass is 32.1. The van der Waals surface area contributed by atoms with Crippen molar-refractivity contribution in [1.29, 1.82) is 0 Å². The van der Waals surface area contributed by atoms with Crippen molar-refractivity contribution in [3.05, 3.63) is 83.5 Å². The number of amides is 1. The maximum Gasteiger partial charge on any atom is 0.252 e. The number of thiophene rings is 1. The number of carbonyl (C=O) groups is 1. The van der Waals surface area contributed by atoms with Crippen LogP contribution in [0.2, 0.25) is 0 Å². The van der Waals surface area contributed by atoms with Gasteiger partial charge in [-0.25, -0.2) is 4.98 Å². The van der Waals surface area contributed by atoms with Gasteiger partial charge >= 0.3 is 0 Å². The molecule has 1 aromatic carbocycles. The fraction of sp³-hybridized carbons (Fsp3) is 0.0952. The highest BCUT2D eigenvalue weighted by molar-refractivity contribution is 7.13. The molecule has 1 atom stereocenters. The molecule has 1 amide bonds. The number of hydrogen-bond donors (Lipinski definition) is 1. The van der Waals surface area contributed by atoms with Crippen LogP contribution in [-0.4, -0.2) is 15.9 Å². The van der Waals surface area contributed by atoms with Gasteiger partial charge in [0.2, 0.25) is 0 Å². The summed E-state index contributed by atoms with van der Waals surface area (Å²) in [6, 6.07) is 19.1. The quantitative estimate of drug-likeness (QED) is 0.567. The third-order valence-electron chi connectivity index (χ3n) is 4.21. The molecule has 4 aromatic rings. The van der Waals surface area contributed by atoms with Crippen LogP contribution in [0.1, 0.15) is 29.0 Å². The fourth-order valence-electron chi connectivity index (χ4n) is 2.89. The number of nitrogens with one attached hydrogen (secondary N) is 1. The molecule has 0 aliphatic carbocycles. The monoisotopic (exact) mass is 359 g/mol. The van der Waals surface area contributed by atoms with Crippen molar-refractivity contribution in [3.63, 3.8) is 0 Å². The Morgan fingerprint density at radius 3 is 2.69 bits per heavy atom. The van der Waals surface area contributed by atoms with Crippen LogP contribution in [0.25, 0.3) is 21.5 Å². The third-order valence-corrected chi connectivity index (χ3v) is 5.11. The first-order valence-corrected chi connectivity index (χ1v) is 9.26. The molecule has 3 heterocycles. The molecule has 0 bridgehead atoms. The molecule has 1 unspecified atom stereocenters. The first-order chi connectivity index (χ1) is 12.7. The second-order valence-corrected chi connectivity index (χ2v) is 6.95. The molecule has 4 nitrogen and oxygen atoms in total. The second-order valence-electron chi connectivity index (χ2n) is 6.00. The zero-order chi connectivity index (χ0) is 17.9. The number of nitrogens with zero attached hydrogens (tertiary/aromatic N) is 2. The van der Waals surface area contributed by atoms with Gasteiger partial charge in [0.05, 0.1) is 33.4 Å². The molecule has 1 N–H and O–H groups in total. The van der Waals surface area contributed by atoms with Gasteiger partial charge in [0.15, 0.2) is 0 Å². The number of benzene rings is 1. The summed E-state index contributed by atoms with van der Waals surface area (Å²) in [7, 11) is 0. The number of hydrogen-bond acceptors (Lipinski definition) is 4. The lowest BCUT2D eigenvalue weighted by molar-refractivity contribution is 0.0941. The number of fused-ring (bicyclic) bond motifs is 1. The Balaban J connectivity index is 1.73. The predicted octanol–water partition coefficient (Wildman–Crippen LogP) is 4.85. The van der Waals surface area contributed by atoms with E-state index in [1.54, 1.807) is 17.5 Å². The minimum atomic E-state index is -0.180. The molecule has 4 rings (SSSR count). The lowest BCUT2D eigenvalue weighted by Crippen LogP contribution is -2.27. The molecule has 0 saturated heterocycles. The molecule has 3 aromatic heterocycles. The number of pyridine rings is 2. The van der Waals surface area contributed by atoms with E-state index in [2.05, 4.69) is 10.3 Å². The van der Waals surface area contributed by atoms with E-state index in [0.717, 1.165) is 27.2 Å². The van der Waals surface area contributed by atoms with Crippen LogP contribution < -0.4 is 5.32 Å². The van der Waals surface area contributed by atoms with Crippen LogP contribution in [0.4, 0.5) is 0 Å². The van der Waals surface area contributed by atoms with Crippen LogP contribution in [0, 0.1) is 0 Å². The zero-order valence-corrected chi connectivity index (χ0v) is 15.0. The maximum atomic E-state index is 13.0. The lowest BCUT2D eigenvalue weighted by Gasteiger charge is -2.15. The van der Waals surface area contributed by atoms with Crippen LogP contribution in [0.15, 0.2) is 72.2 Å². The number of aromatic nitrogens is 2. The van der Waals surface area contributed by atoms with E-state index in [9.17, 15) is 4.79 Å². The standard InChI is InChI=1S/C21H17N3OS/c1-14(17-8-4-5-11-22-17)23-21(25)16-13-19(20-10-6-12-26-20)24-18-9-3-2-7-15(16)18/h2-14H,1H3,(H,23,25). The van der Waals surface area contributed by atoms with Gasteiger partial charge in [-0.15, -0.1) is 11.3 Å². The van der Waals surface area contributed by atoms with Gasteiger partial charge in [-0.3, -0.25) is 9.78 Å². The molecular weight excluding hydrogens is 342 g/mol. The second kappa shape index (κ2) is 7.06. The van der Waals surface area contributed by atoms with Crippen molar-refractivity contribution in [2.75, 3.05) is 0 Å². The molecule has 0 aliphatic rings. The average Bonchev–Trinajstić information content (AvgIpc) is 3.22. The largest absolute Gasteiger partial charge is 0.344 e. The Morgan fingerprint density at radius 1 is 1.08 bits per heavy atom. The molecule has 128 valence electrons. The molecule has 0 saturated carbocycles. The summed E-state index contributed by atoms with van der Waals surface area (Å²) in [5.41, 5.74) is 3.09. The van der Waals surface area contributed by atoms with Gasteiger partial charge in [-0.2, -0.15) is 0 Å². The van der Waals surface area contributed by atoms with E-state index in [-0.39, 0.29) is 11.9 Å². The topological polar surface area (TPSA) is 54.9 Å². The minimum absolute atomic E-state index is 0.125. The Kier molecular flexibility index (Phi) is 4.46. The molecule has 0 spiro atoms. The molecule has 0 fully saturated rings. The molecule has 26 heavy (non-hydrogen) atoms. The molecule has 0 radical (unpaired) electrons. The van der Waals surface area contributed by atoms with Crippen LogP contribution in [-0.2, 0) is 0 Å². The fourth-order valence-corrected chi connectivity index (χ4v) is 3.58. The highest BCUT2D eigenvalue weighted by Crippen LogP contribution is 2.28. The van der Waals surface area contributed by atoms with Crippen LogP contribution >= 0.6 is 11.3 Å². The number of para-hydroxylation sites is 1. The van der Waals surface area contributed by atoms with E-state index in [1.165, 1.54) is 0 Å². The van der Waals surface area contributed by atoms with Crippen molar-refractivity contribution in [2.45, 2.75) is 13.0 Å². The molecular formula is C21H17N3OS. The smallest absolute Gasteiger partial charge is 0.252 e. The van der Waals surface area contributed by atoms with Crippen molar-refractivity contribution in [3.8, 4) is 10.6 Å². The minimum Gasteiger partial charge on any atom is -0.344 e. The predicted molar refractivity (Wildman–Crippen MR) is 105 cm³/mol. The van der Waals surface area contributed by atoms with Crippen molar-refractivity contribution >= 4 is 28.1 Å². The summed E-state index contributed by atoms with van der Waals surface area (Å²) in [5, 5.41) is 5.91. The summed E-state index contributed by atoms with van der Waals surface area (Å²) >= 11 is 1.61. The summed E-state index contributed by atoms with van der Waals surface area (Å²) < 4.78 is 0. The summed E-state index contributed by atoms with van der Waals surface area (Å²) in [6.07, 6.45) is 1.73. The van der Waals surface area contributed by atoms with Crippen molar-refractivity contribution < 1.29 is 4.79 Å². The number of carbonyl (C=O) groups excluding carboxylic acids is 1. The average molecular weight is 359 g/mol. The SMILES string of the molecule is CC(NC(=O)c1cc(-c2cccs2)nc2ccccc12)c1ccccn1. The van der Waals surface area contributed by atoms with Gasteiger partial charge in [0.25, 0.3) is 5.91 Å². The summed E-state index contributed by atoms with van der Waals surface area (Å²) in [6.45, 7) is 1.93. The van der Waals surface area contributed by atoms with E-state index in [0.29, 0.717) is 5.56 Å². The Hall–Kier alpha value is -3.05. The van der Waals surface area contributed by atoms with Crippen LogP contribution in [0.5, 0.6) is 0 Å². The number of rotatable bonds is 4. The lowest BCUT2D eigenvalue weighted by atomic mass is 10.1. The first-order valence-electron chi connectivity index (χ1n) is 8.38. The molecule has 0 aliphatic heterocycles. The Bertz CT molecular complexity index is 1050. The van der Waals surface area contributed by atoms with E-state index < -0.39 is 0 Å². The van der Waals surface area contributed by atoms with Crippen molar-refractivity contribution in [2.24, 2.45) is 0 Å². The van der Waals surface area contributed by atoms with E-state index in [1.807, 2.05) is 73.0 Å². The van der Waals surface area contributed by atoms with Gasteiger partial charge in [-0.1, -0.05) is 30.3 Å². The normalized spacial score (nSPS) is 12.0. The Labute approximate surface area is 155 Å². The summed E-state index contributed by atoms with van der Waals surface area (Å²) in [5.74, 6) is -0.125. The third kappa shape index (κ3) is 3.21. The molecule has 5 heteroatoms. The van der Waals surface area contributed by atoms with Gasteiger partial charge in [-0.05, 0) is 42.6 Å². The van der Waals surface area contributed by atoms with Gasteiger partial charge in [0.1, 0.15) is 0 Å². The highest BCUT2D eigenvalue weighted by Gasteiger charge is 2.17. The zero-order valence-electron chi connectivity index (χ0n) is 14.2.